The molecule has 10 heteroatoms. The highest BCUT2D eigenvalue weighted by Gasteiger charge is 2.34. The fourth-order valence-corrected chi connectivity index (χ4v) is 6.44. The summed E-state index contributed by atoms with van der Waals surface area (Å²) in [5, 5.41) is 3.95. The Kier molecular flexibility index (Phi) is 10.3. The number of nitrogens with one attached hydrogen (secondary N) is 1. The topological polar surface area (TPSA) is 86.8 Å². The fraction of sp³-hybridized carbons (Fsp3) is 0.355. The van der Waals surface area contributed by atoms with E-state index >= 15 is 0 Å². The predicted molar refractivity (Wildman–Crippen MR) is 165 cm³/mol. The van der Waals surface area contributed by atoms with Crippen LogP contribution in [-0.4, -0.2) is 50.0 Å². The first-order chi connectivity index (χ1) is 19.5. The molecule has 0 saturated heterocycles. The van der Waals surface area contributed by atoms with E-state index in [2.05, 4.69) is 5.32 Å². The van der Waals surface area contributed by atoms with E-state index in [0.717, 1.165) is 41.8 Å². The molecule has 1 N–H and O–H groups in total. The Balaban J connectivity index is 1.75. The van der Waals surface area contributed by atoms with E-state index in [9.17, 15) is 18.0 Å². The van der Waals surface area contributed by atoms with Crippen LogP contribution in [0.15, 0.2) is 72.8 Å². The van der Waals surface area contributed by atoms with Crippen molar-refractivity contribution in [2.45, 2.75) is 57.7 Å². The monoisotopic (exact) mass is 615 g/mol. The van der Waals surface area contributed by atoms with Crippen molar-refractivity contribution in [1.82, 2.24) is 10.2 Å². The summed E-state index contributed by atoms with van der Waals surface area (Å²) in [7, 11) is -3.89. The van der Waals surface area contributed by atoms with Crippen LogP contribution in [0.1, 0.15) is 42.4 Å². The number of anilines is 1. The van der Waals surface area contributed by atoms with Crippen LogP contribution in [0.3, 0.4) is 0 Å². The minimum Gasteiger partial charge on any atom is -0.352 e. The van der Waals surface area contributed by atoms with E-state index in [4.69, 9.17) is 23.2 Å². The van der Waals surface area contributed by atoms with E-state index in [1.54, 1.807) is 37.3 Å². The van der Waals surface area contributed by atoms with Gasteiger partial charge < -0.3 is 10.2 Å². The highest BCUT2D eigenvalue weighted by atomic mass is 35.5. The van der Waals surface area contributed by atoms with Crippen LogP contribution in [0.25, 0.3) is 0 Å². The predicted octanol–water partition coefficient (Wildman–Crippen LogP) is 5.77. The number of benzene rings is 3. The first-order valence-corrected chi connectivity index (χ1v) is 16.2. The summed E-state index contributed by atoms with van der Waals surface area (Å²) in [4.78, 5) is 29.6. The quantitative estimate of drug-likeness (QED) is 0.297. The number of halogens is 2. The van der Waals surface area contributed by atoms with Crippen molar-refractivity contribution < 1.29 is 18.0 Å². The van der Waals surface area contributed by atoms with Gasteiger partial charge in [-0.2, -0.15) is 0 Å². The second-order valence-corrected chi connectivity index (χ2v) is 13.3. The molecule has 1 aliphatic carbocycles. The van der Waals surface area contributed by atoms with E-state index in [0.29, 0.717) is 26.9 Å². The van der Waals surface area contributed by atoms with E-state index in [1.807, 2.05) is 36.4 Å². The fourth-order valence-electron chi connectivity index (χ4n) is 5.18. The zero-order valence-corrected chi connectivity index (χ0v) is 25.6. The van der Waals surface area contributed by atoms with Gasteiger partial charge in [-0.3, -0.25) is 13.9 Å². The second kappa shape index (κ2) is 13.7. The summed E-state index contributed by atoms with van der Waals surface area (Å²) in [5.41, 5.74) is 2.48. The first-order valence-electron chi connectivity index (χ1n) is 13.6. The van der Waals surface area contributed by atoms with Crippen LogP contribution in [0.4, 0.5) is 5.69 Å². The third-order valence-corrected chi connectivity index (χ3v) is 9.12. The number of rotatable bonds is 11. The van der Waals surface area contributed by atoms with Gasteiger partial charge in [-0.15, -0.1) is 0 Å². The van der Waals surface area contributed by atoms with Gasteiger partial charge in [0.25, 0.3) is 0 Å². The molecule has 3 aromatic carbocycles. The number of hydrogen-bond acceptors (Lipinski definition) is 4. The molecule has 0 heterocycles. The molecule has 4 rings (SSSR count). The molecule has 41 heavy (non-hydrogen) atoms. The highest BCUT2D eigenvalue weighted by molar-refractivity contribution is 7.92. The average Bonchev–Trinajstić information content (AvgIpc) is 3.44. The summed E-state index contributed by atoms with van der Waals surface area (Å²) in [6.45, 7) is 1.27. The van der Waals surface area contributed by atoms with Gasteiger partial charge in [0, 0.05) is 29.1 Å². The Labute approximate surface area is 252 Å². The van der Waals surface area contributed by atoms with Crippen molar-refractivity contribution in [3.63, 3.8) is 0 Å². The van der Waals surface area contributed by atoms with Crippen LogP contribution in [0, 0.1) is 6.92 Å². The van der Waals surface area contributed by atoms with Crippen molar-refractivity contribution in [2.75, 3.05) is 17.1 Å². The third kappa shape index (κ3) is 8.24. The van der Waals surface area contributed by atoms with Crippen LogP contribution < -0.4 is 9.62 Å². The number of carbonyl (C=O) groups is 2. The maximum atomic E-state index is 14.2. The minimum atomic E-state index is -3.89. The molecule has 1 atom stereocenters. The van der Waals surface area contributed by atoms with Gasteiger partial charge in [0.15, 0.2) is 0 Å². The van der Waals surface area contributed by atoms with E-state index < -0.39 is 28.5 Å². The molecule has 0 aliphatic heterocycles. The van der Waals surface area contributed by atoms with Crippen LogP contribution >= 0.6 is 23.2 Å². The Morgan fingerprint density at radius 3 is 2.29 bits per heavy atom. The Hall–Kier alpha value is -3.07. The van der Waals surface area contributed by atoms with Gasteiger partial charge in [-0.1, -0.05) is 90.6 Å². The lowest BCUT2D eigenvalue weighted by Gasteiger charge is -2.34. The average molecular weight is 617 g/mol. The SMILES string of the molecule is Cc1ccc(Cl)cc1N(CC(=O)N(Cc1ccccc1Cl)[C@@H](Cc1ccccc1)C(=O)NC1CCCC1)S(C)(=O)=O. The molecule has 0 spiro atoms. The molecule has 0 bridgehead atoms. The van der Waals surface area contributed by atoms with E-state index in [-0.39, 0.29) is 24.9 Å². The smallest absolute Gasteiger partial charge is 0.244 e. The van der Waals surface area contributed by atoms with Crippen molar-refractivity contribution >= 4 is 50.7 Å². The van der Waals surface area contributed by atoms with E-state index in [1.165, 1.54) is 11.0 Å². The zero-order chi connectivity index (χ0) is 29.6. The number of hydrogen-bond donors (Lipinski definition) is 1. The van der Waals surface area contributed by atoms with Crippen molar-refractivity contribution in [3.05, 3.63) is 99.5 Å². The Bertz CT molecular complexity index is 1480. The molecule has 3 aromatic rings. The van der Waals surface area contributed by atoms with Crippen molar-refractivity contribution in [3.8, 4) is 0 Å². The lowest BCUT2D eigenvalue weighted by Crippen LogP contribution is -2.54. The zero-order valence-electron chi connectivity index (χ0n) is 23.2. The molecule has 1 aliphatic rings. The molecule has 2 amide bonds. The molecular formula is C31H35Cl2N3O4S. The van der Waals surface area contributed by atoms with Crippen molar-refractivity contribution in [1.29, 1.82) is 0 Å². The largest absolute Gasteiger partial charge is 0.352 e. The summed E-state index contributed by atoms with van der Waals surface area (Å²) in [5.74, 6) is -0.803. The number of nitrogens with zero attached hydrogens (tertiary/aromatic N) is 2. The maximum absolute atomic E-state index is 14.2. The third-order valence-electron chi connectivity index (χ3n) is 7.39. The molecule has 1 saturated carbocycles. The first kappa shape index (κ1) is 30.9. The lowest BCUT2D eigenvalue weighted by molar-refractivity contribution is -0.140. The molecule has 7 nitrogen and oxygen atoms in total. The molecule has 1 fully saturated rings. The minimum absolute atomic E-state index is 0.0280. The van der Waals surface area contributed by atoms with Gasteiger partial charge in [0.05, 0.1) is 11.9 Å². The number of carbonyl (C=O) groups excluding carboxylic acids is 2. The summed E-state index contributed by atoms with van der Waals surface area (Å²) in [6.07, 6.45) is 5.16. The van der Waals surface area contributed by atoms with Gasteiger partial charge >= 0.3 is 0 Å². The van der Waals surface area contributed by atoms with Gasteiger partial charge in [0.1, 0.15) is 12.6 Å². The Morgan fingerprint density at radius 2 is 1.63 bits per heavy atom. The van der Waals surface area contributed by atoms with Gasteiger partial charge in [-0.05, 0) is 54.7 Å². The maximum Gasteiger partial charge on any atom is 0.244 e. The molecule has 0 aromatic heterocycles. The van der Waals surface area contributed by atoms with Gasteiger partial charge in [-0.25, -0.2) is 8.42 Å². The normalized spacial score (nSPS) is 14.4. The Morgan fingerprint density at radius 1 is 0.976 bits per heavy atom. The summed E-state index contributed by atoms with van der Waals surface area (Å²) < 4.78 is 27.1. The molecule has 218 valence electrons. The summed E-state index contributed by atoms with van der Waals surface area (Å²) in [6, 6.07) is 20.6. The number of sulfonamides is 1. The van der Waals surface area contributed by atoms with Crippen LogP contribution in [-0.2, 0) is 32.6 Å². The highest BCUT2D eigenvalue weighted by Crippen LogP contribution is 2.28. The lowest BCUT2D eigenvalue weighted by atomic mass is 10.0. The molecule has 0 radical (unpaired) electrons. The molecular weight excluding hydrogens is 581 g/mol. The summed E-state index contributed by atoms with van der Waals surface area (Å²) >= 11 is 12.7. The van der Waals surface area contributed by atoms with Gasteiger partial charge in [0.2, 0.25) is 21.8 Å². The number of amides is 2. The standard InChI is InChI=1S/C31H35Cl2N3O4S/c1-22-16-17-25(32)19-28(22)36(41(2,39)40)21-30(37)35(20-24-12-6-9-15-27(24)33)29(18-23-10-4-3-5-11-23)31(38)34-26-13-7-8-14-26/h3-6,9-12,15-17,19,26,29H,7-8,13-14,18,20-21H2,1-2H3,(H,34,38)/t29-/m0/s1. The molecule has 0 unspecified atom stereocenters. The van der Waals surface area contributed by atoms with Crippen LogP contribution in [0.5, 0.6) is 0 Å². The van der Waals surface area contributed by atoms with Crippen LogP contribution in [0.2, 0.25) is 10.0 Å². The second-order valence-electron chi connectivity index (χ2n) is 10.5. The number of aryl methyl sites for hydroxylation is 1. The van der Waals surface area contributed by atoms with Crippen molar-refractivity contribution in [2.24, 2.45) is 0 Å².